The molecule has 31 heavy (non-hydrogen) atoms. The molecule has 2 heterocycles. The largest absolute Gasteiger partial charge is 0.483 e. The topological polar surface area (TPSA) is 141 Å². The molecule has 3 N–H and O–H groups in total. The van der Waals surface area contributed by atoms with Crippen LogP contribution in [-0.2, 0) is 33.6 Å². The van der Waals surface area contributed by atoms with Gasteiger partial charge in [-0.1, -0.05) is 24.3 Å². The number of amides is 1. The average Bonchev–Trinajstić information content (AvgIpc) is 3.15. The van der Waals surface area contributed by atoms with Crippen molar-refractivity contribution in [2.75, 3.05) is 13.1 Å². The van der Waals surface area contributed by atoms with Crippen LogP contribution in [0.3, 0.4) is 0 Å². The zero-order valence-corrected chi connectivity index (χ0v) is 17.6. The molecule has 0 spiro atoms. The fourth-order valence-corrected chi connectivity index (χ4v) is 3.75. The number of likely N-dealkylation sites (tertiary alicyclic amines) is 1. The number of benzene rings is 1. The molecule has 2 aromatic rings. The Bertz CT molecular complexity index is 984. The molecule has 1 fully saturated rings. The highest BCUT2D eigenvalue weighted by Crippen LogP contribution is 2.22. The number of hydrogen-bond acceptors (Lipinski definition) is 5. The molecular formula is C22H27N3O6. The summed E-state index contributed by atoms with van der Waals surface area (Å²) in [4.78, 5) is 52.6. The molecule has 1 aromatic heterocycles. The van der Waals surface area contributed by atoms with Gasteiger partial charge in [-0.3, -0.25) is 19.2 Å². The third kappa shape index (κ3) is 7.06. The van der Waals surface area contributed by atoms with Crippen LogP contribution in [0.5, 0.6) is 0 Å². The van der Waals surface area contributed by atoms with Crippen molar-refractivity contribution in [1.29, 1.82) is 0 Å². The van der Waals surface area contributed by atoms with Gasteiger partial charge in [0, 0.05) is 24.3 Å². The number of carboxylic acid groups (broad SMARTS) is 2. The first kappa shape index (κ1) is 23.8. The highest BCUT2D eigenvalue weighted by atomic mass is 16.4. The molecule has 1 amide bonds. The van der Waals surface area contributed by atoms with Crippen molar-refractivity contribution in [3.05, 3.63) is 62.8 Å². The summed E-state index contributed by atoms with van der Waals surface area (Å²) in [6.45, 7) is 4.59. The monoisotopic (exact) mass is 429 g/mol. The Kier molecular flexibility index (Phi) is 8.48. The minimum Gasteiger partial charge on any atom is -0.483 e. The average molecular weight is 429 g/mol. The molecule has 9 nitrogen and oxygen atoms in total. The van der Waals surface area contributed by atoms with Crippen molar-refractivity contribution in [2.24, 2.45) is 5.92 Å². The summed E-state index contributed by atoms with van der Waals surface area (Å²) in [7, 11) is 0. The lowest BCUT2D eigenvalue weighted by atomic mass is 9.97. The van der Waals surface area contributed by atoms with E-state index in [1.54, 1.807) is 13.8 Å². The number of carboxylic acids is 1. The van der Waals surface area contributed by atoms with Crippen LogP contribution in [-0.4, -0.2) is 56.5 Å². The van der Waals surface area contributed by atoms with Gasteiger partial charge in [0.05, 0.1) is 12.8 Å². The lowest BCUT2D eigenvalue weighted by Crippen LogP contribution is -2.32. The van der Waals surface area contributed by atoms with Crippen molar-refractivity contribution in [3.8, 4) is 0 Å². The third-order valence-corrected chi connectivity index (χ3v) is 5.21. The van der Waals surface area contributed by atoms with E-state index in [0.717, 1.165) is 24.0 Å². The van der Waals surface area contributed by atoms with Gasteiger partial charge in [0.1, 0.15) is 5.82 Å². The van der Waals surface area contributed by atoms with Gasteiger partial charge in [-0.05, 0) is 43.7 Å². The quantitative estimate of drug-likeness (QED) is 0.589. The molecule has 1 aliphatic rings. The maximum atomic E-state index is 12.6. The molecule has 1 atom stereocenters. The van der Waals surface area contributed by atoms with Crippen LogP contribution in [0.15, 0.2) is 29.1 Å². The van der Waals surface area contributed by atoms with Crippen LogP contribution in [0, 0.1) is 19.8 Å². The van der Waals surface area contributed by atoms with Gasteiger partial charge in [0.25, 0.3) is 12.0 Å². The van der Waals surface area contributed by atoms with Gasteiger partial charge < -0.3 is 20.1 Å². The number of nitrogens with zero attached hydrogens (tertiary/aromatic N) is 2. The van der Waals surface area contributed by atoms with Crippen molar-refractivity contribution >= 4 is 18.3 Å². The number of nitrogens with one attached hydrogen (secondary N) is 1. The molecule has 0 saturated carbocycles. The second-order valence-corrected chi connectivity index (χ2v) is 7.58. The minimum absolute atomic E-state index is 0.0262. The second-order valence-electron chi connectivity index (χ2n) is 7.58. The normalized spacial score (nSPS) is 15.2. The predicted molar refractivity (Wildman–Crippen MR) is 113 cm³/mol. The fraction of sp³-hybridized carbons (Fsp3) is 0.409. The number of aromatic nitrogens is 2. The molecule has 166 valence electrons. The highest BCUT2D eigenvalue weighted by molar-refractivity contribution is 5.79. The summed E-state index contributed by atoms with van der Waals surface area (Å²) in [6.07, 6.45) is 1.87. The molecule has 3 rings (SSSR count). The van der Waals surface area contributed by atoms with Gasteiger partial charge in [-0.2, -0.15) is 0 Å². The van der Waals surface area contributed by atoms with Crippen LogP contribution in [0.4, 0.5) is 0 Å². The Balaban J connectivity index is 0.00000107. The van der Waals surface area contributed by atoms with Crippen molar-refractivity contribution in [3.63, 3.8) is 0 Å². The summed E-state index contributed by atoms with van der Waals surface area (Å²) in [5, 5.41) is 15.7. The Morgan fingerprint density at radius 3 is 2.39 bits per heavy atom. The highest BCUT2D eigenvalue weighted by Gasteiger charge is 2.27. The first-order valence-electron chi connectivity index (χ1n) is 9.95. The lowest BCUT2D eigenvalue weighted by molar-refractivity contribution is -0.136. The van der Waals surface area contributed by atoms with E-state index in [9.17, 15) is 14.4 Å². The third-order valence-electron chi connectivity index (χ3n) is 5.21. The number of carbonyl (C=O) groups is 3. The predicted octanol–water partition coefficient (Wildman–Crippen LogP) is 1.35. The number of aromatic amines is 1. The zero-order valence-electron chi connectivity index (χ0n) is 17.6. The van der Waals surface area contributed by atoms with Crippen LogP contribution in [0.1, 0.15) is 34.6 Å². The first-order valence-corrected chi connectivity index (χ1v) is 9.95. The molecule has 9 heteroatoms. The van der Waals surface area contributed by atoms with E-state index in [1.165, 1.54) is 0 Å². The molecular weight excluding hydrogens is 402 g/mol. The molecule has 1 aliphatic heterocycles. The maximum Gasteiger partial charge on any atom is 0.307 e. The minimum atomic E-state index is -0.837. The number of hydrogen-bond donors (Lipinski definition) is 3. The lowest BCUT2D eigenvalue weighted by Gasteiger charge is -2.17. The van der Waals surface area contributed by atoms with Crippen LogP contribution >= 0.6 is 0 Å². The number of rotatable bonds is 6. The van der Waals surface area contributed by atoms with E-state index in [1.807, 2.05) is 29.2 Å². The maximum absolute atomic E-state index is 12.6. The Morgan fingerprint density at radius 1 is 1.19 bits per heavy atom. The van der Waals surface area contributed by atoms with Crippen molar-refractivity contribution < 1.29 is 24.6 Å². The molecule has 1 aromatic carbocycles. The number of aliphatic carboxylic acids is 1. The molecule has 0 aliphatic carbocycles. The number of aryl methyl sites for hydroxylation is 2. The van der Waals surface area contributed by atoms with Crippen molar-refractivity contribution in [2.45, 2.75) is 39.5 Å². The van der Waals surface area contributed by atoms with Gasteiger partial charge in [0.15, 0.2) is 0 Å². The van der Waals surface area contributed by atoms with Gasteiger partial charge >= 0.3 is 5.97 Å². The van der Waals surface area contributed by atoms with Crippen LogP contribution in [0.2, 0.25) is 0 Å². The first-order chi connectivity index (χ1) is 14.7. The summed E-state index contributed by atoms with van der Waals surface area (Å²) >= 11 is 0. The van der Waals surface area contributed by atoms with Crippen molar-refractivity contribution in [1.82, 2.24) is 14.9 Å². The van der Waals surface area contributed by atoms with Gasteiger partial charge in [0.2, 0.25) is 5.91 Å². The number of carbonyl (C=O) groups excluding carboxylic acids is 1. The Hall–Kier alpha value is -3.49. The standard InChI is InChI=1S/C21H25N3O4.CH2O2/c1-13-18(21(28)23-14(2)22-13)11-19(25)24-8-7-17(12-24)9-15-3-5-16(6-4-15)10-20(26)27;2-1-3/h3-6,17H,7-12H2,1-2H3,(H,26,27)(H,22,23,28);1H,(H,2,3). The van der Waals surface area contributed by atoms with E-state index in [0.29, 0.717) is 36.1 Å². The Labute approximate surface area is 179 Å². The van der Waals surface area contributed by atoms with E-state index in [-0.39, 0.29) is 30.8 Å². The molecule has 0 bridgehead atoms. The van der Waals surface area contributed by atoms with Gasteiger partial charge in [-0.15, -0.1) is 0 Å². The summed E-state index contributed by atoms with van der Waals surface area (Å²) in [6, 6.07) is 7.62. The molecule has 1 unspecified atom stereocenters. The Morgan fingerprint density at radius 2 is 1.81 bits per heavy atom. The van der Waals surface area contributed by atoms with Crippen LogP contribution < -0.4 is 5.56 Å². The number of H-pyrrole nitrogens is 1. The van der Waals surface area contributed by atoms with E-state index in [4.69, 9.17) is 15.0 Å². The SMILES string of the molecule is Cc1nc(C)c(CC(=O)N2CCC(Cc3ccc(CC(=O)O)cc3)C2)c(=O)[nH]1.O=CO. The fourth-order valence-electron chi connectivity index (χ4n) is 3.75. The smallest absolute Gasteiger partial charge is 0.307 e. The van der Waals surface area contributed by atoms with E-state index in [2.05, 4.69) is 9.97 Å². The summed E-state index contributed by atoms with van der Waals surface area (Å²) in [5.41, 5.74) is 2.73. The molecule has 1 saturated heterocycles. The van der Waals surface area contributed by atoms with Crippen LogP contribution in [0.25, 0.3) is 0 Å². The summed E-state index contributed by atoms with van der Waals surface area (Å²) in [5.74, 6) is 0.0354. The van der Waals surface area contributed by atoms with E-state index < -0.39 is 5.97 Å². The van der Waals surface area contributed by atoms with Gasteiger partial charge in [-0.25, -0.2) is 4.98 Å². The molecule has 0 radical (unpaired) electrons. The summed E-state index contributed by atoms with van der Waals surface area (Å²) < 4.78 is 0. The van der Waals surface area contributed by atoms with E-state index >= 15 is 0 Å². The second kappa shape index (κ2) is 11.1. The zero-order chi connectivity index (χ0) is 23.0.